The summed E-state index contributed by atoms with van der Waals surface area (Å²) in [5.41, 5.74) is 1.32. The van der Waals surface area contributed by atoms with Crippen LogP contribution in [0, 0.1) is 5.92 Å². The average molecular weight is 410 g/mol. The van der Waals surface area contributed by atoms with E-state index in [1.807, 2.05) is 22.1 Å². The lowest BCUT2D eigenvalue weighted by atomic mass is 10.0. The number of carbonyl (C=O) groups excluding carboxylic acids is 2. The summed E-state index contributed by atoms with van der Waals surface area (Å²) in [7, 11) is 0. The first-order chi connectivity index (χ1) is 14.6. The highest BCUT2D eigenvalue weighted by Gasteiger charge is 2.36. The standard InChI is InChI=1S/C21H26N6O3/c28-18(6-11-27-8-1-7-22-27)25-9-4-15(12-25)19-23-17-13-26(21(30)14-2-3-14)10-5-16(17)20(29)24-19/h1,7-8,14-15H,2-6,9-13H2,(H,23,24,29)/t15-/m0/s1. The number of likely N-dealkylation sites (tertiary alicyclic amines) is 1. The lowest BCUT2D eigenvalue weighted by molar-refractivity contribution is -0.133. The van der Waals surface area contributed by atoms with Crippen LogP contribution in [0.4, 0.5) is 0 Å². The Morgan fingerprint density at radius 1 is 1.17 bits per heavy atom. The van der Waals surface area contributed by atoms with Gasteiger partial charge >= 0.3 is 0 Å². The number of rotatable bonds is 5. The molecular weight excluding hydrogens is 384 g/mol. The number of aryl methyl sites for hydroxylation is 1. The van der Waals surface area contributed by atoms with Crippen LogP contribution in [0.3, 0.4) is 0 Å². The number of fused-ring (bicyclic) bond motifs is 1. The van der Waals surface area contributed by atoms with Crippen molar-refractivity contribution in [3.8, 4) is 0 Å². The monoisotopic (exact) mass is 410 g/mol. The van der Waals surface area contributed by atoms with Crippen LogP contribution < -0.4 is 5.56 Å². The fraction of sp³-hybridized carbons (Fsp3) is 0.571. The molecule has 1 N–H and O–H groups in total. The zero-order chi connectivity index (χ0) is 20.7. The molecular formula is C21H26N6O3. The molecule has 0 unspecified atom stereocenters. The van der Waals surface area contributed by atoms with Crippen molar-refractivity contribution in [1.29, 1.82) is 0 Å². The summed E-state index contributed by atoms with van der Waals surface area (Å²) in [5, 5.41) is 4.13. The van der Waals surface area contributed by atoms with Gasteiger partial charge in [-0.25, -0.2) is 4.98 Å². The fourth-order valence-corrected chi connectivity index (χ4v) is 4.44. The summed E-state index contributed by atoms with van der Waals surface area (Å²) in [4.78, 5) is 49.0. The predicted octanol–water partition coefficient (Wildman–Crippen LogP) is 0.667. The minimum absolute atomic E-state index is 0.0196. The maximum absolute atomic E-state index is 12.6. The summed E-state index contributed by atoms with van der Waals surface area (Å²) in [6, 6.07) is 1.84. The van der Waals surface area contributed by atoms with Crippen LogP contribution in [0.25, 0.3) is 0 Å². The molecule has 1 saturated carbocycles. The first-order valence-corrected chi connectivity index (χ1v) is 10.7. The quantitative estimate of drug-likeness (QED) is 0.780. The van der Waals surface area contributed by atoms with E-state index in [0.29, 0.717) is 57.0 Å². The van der Waals surface area contributed by atoms with Gasteiger partial charge in [-0.1, -0.05) is 0 Å². The normalized spacial score (nSPS) is 21.0. The van der Waals surface area contributed by atoms with Crippen LogP contribution in [-0.2, 0) is 29.1 Å². The number of nitrogens with one attached hydrogen (secondary N) is 1. The number of amides is 2. The molecule has 158 valence electrons. The number of hydrogen-bond acceptors (Lipinski definition) is 5. The Hall–Kier alpha value is -2.97. The van der Waals surface area contributed by atoms with Crippen LogP contribution in [-0.4, -0.2) is 61.0 Å². The van der Waals surface area contributed by atoms with E-state index in [4.69, 9.17) is 4.98 Å². The van der Waals surface area contributed by atoms with E-state index in [-0.39, 0.29) is 29.2 Å². The molecule has 2 aromatic heterocycles. The van der Waals surface area contributed by atoms with Crippen molar-refractivity contribution in [3.05, 3.63) is 45.9 Å². The highest BCUT2D eigenvalue weighted by Crippen LogP contribution is 2.32. The third kappa shape index (κ3) is 3.76. The van der Waals surface area contributed by atoms with E-state index in [0.717, 1.165) is 25.0 Å². The Kier molecular flexibility index (Phi) is 4.88. The summed E-state index contributed by atoms with van der Waals surface area (Å²) in [6.45, 7) is 2.79. The second-order valence-electron chi connectivity index (χ2n) is 8.50. The lowest BCUT2D eigenvalue weighted by Gasteiger charge is -2.28. The van der Waals surface area contributed by atoms with Crippen LogP contribution in [0.1, 0.15) is 48.7 Å². The van der Waals surface area contributed by atoms with Gasteiger partial charge in [-0.2, -0.15) is 5.10 Å². The van der Waals surface area contributed by atoms with Crippen LogP contribution in [0.5, 0.6) is 0 Å². The SMILES string of the molecule is O=C(CCn1cccn1)N1CC[C@H](c2nc3c(c(=O)[nH]2)CCN(C(=O)C2CC2)C3)C1. The molecule has 9 nitrogen and oxygen atoms in total. The predicted molar refractivity (Wildman–Crippen MR) is 107 cm³/mol. The summed E-state index contributed by atoms with van der Waals surface area (Å²) >= 11 is 0. The largest absolute Gasteiger partial charge is 0.342 e. The summed E-state index contributed by atoms with van der Waals surface area (Å²) in [5.74, 6) is 1.12. The summed E-state index contributed by atoms with van der Waals surface area (Å²) in [6.07, 6.45) is 7.23. The zero-order valence-corrected chi connectivity index (χ0v) is 16.9. The molecule has 30 heavy (non-hydrogen) atoms. The highest BCUT2D eigenvalue weighted by molar-refractivity contribution is 5.81. The van der Waals surface area contributed by atoms with Crippen molar-refractivity contribution in [3.63, 3.8) is 0 Å². The molecule has 1 aliphatic carbocycles. The Morgan fingerprint density at radius 2 is 2.03 bits per heavy atom. The van der Waals surface area contributed by atoms with E-state index in [1.165, 1.54) is 0 Å². The van der Waals surface area contributed by atoms with Gasteiger partial charge in [0.25, 0.3) is 5.56 Å². The molecule has 4 heterocycles. The maximum atomic E-state index is 12.6. The van der Waals surface area contributed by atoms with Crippen molar-refractivity contribution in [2.75, 3.05) is 19.6 Å². The second kappa shape index (κ2) is 7.70. The van der Waals surface area contributed by atoms with Gasteiger partial charge in [-0.05, 0) is 31.7 Å². The first kappa shape index (κ1) is 19.0. The minimum atomic E-state index is -0.100. The van der Waals surface area contributed by atoms with Gasteiger partial charge in [-0.15, -0.1) is 0 Å². The van der Waals surface area contributed by atoms with Crippen molar-refractivity contribution in [2.45, 2.75) is 51.1 Å². The van der Waals surface area contributed by atoms with Gasteiger partial charge in [0.05, 0.1) is 12.2 Å². The van der Waals surface area contributed by atoms with Gasteiger partial charge in [-0.3, -0.25) is 19.1 Å². The first-order valence-electron chi connectivity index (χ1n) is 10.7. The number of H-pyrrole nitrogens is 1. The number of carbonyl (C=O) groups is 2. The molecule has 1 saturated heterocycles. The van der Waals surface area contributed by atoms with Gasteiger partial charge in [0.2, 0.25) is 11.8 Å². The number of aromatic amines is 1. The zero-order valence-electron chi connectivity index (χ0n) is 16.9. The molecule has 0 spiro atoms. The topological polar surface area (TPSA) is 104 Å². The maximum Gasteiger partial charge on any atom is 0.254 e. The number of hydrogen-bond donors (Lipinski definition) is 1. The third-order valence-electron chi connectivity index (χ3n) is 6.37. The number of nitrogens with zero attached hydrogens (tertiary/aromatic N) is 5. The van der Waals surface area contributed by atoms with Crippen molar-refractivity contribution in [2.24, 2.45) is 5.92 Å². The van der Waals surface area contributed by atoms with E-state index < -0.39 is 0 Å². The Bertz CT molecular complexity index is 1010. The van der Waals surface area contributed by atoms with Crippen molar-refractivity contribution >= 4 is 11.8 Å². The van der Waals surface area contributed by atoms with Gasteiger partial charge in [0.15, 0.2) is 0 Å². The van der Waals surface area contributed by atoms with Crippen LogP contribution >= 0.6 is 0 Å². The second-order valence-corrected chi connectivity index (χ2v) is 8.50. The van der Waals surface area contributed by atoms with Crippen molar-refractivity contribution < 1.29 is 9.59 Å². The molecule has 0 radical (unpaired) electrons. The Morgan fingerprint density at radius 3 is 2.80 bits per heavy atom. The molecule has 2 aromatic rings. The van der Waals surface area contributed by atoms with Crippen molar-refractivity contribution in [1.82, 2.24) is 29.5 Å². The van der Waals surface area contributed by atoms with E-state index in [2.05, 4.69) is 10.1 Å². The molecule has 2 aliphatic heterocycles. The Balaban J connectivity index is 1.25. The fourth-order valence-electron chi connectivity index (χ4n) is 4.44. The van der Waals surface area contributed by atoms with Crippen LogP contribution in [0.2, 0.25) is 0 Å². The van der Waals surface area contributed by atoms with Gasteiger partial charge < -0.3 is 14.8 Å². The number of aromatic nitrogens is 4. The van der Waals surface area contributed by atoms with E-state index >= 15 is 0 Å². The van der Waals surface area contributed by atoms with Crippen LogP contribution in [0.15, 0.2) is 23.3 Å². The van der Waals surface area contributed by atoms with Gasteiger partial charge in [0.1, 0.15) is 5.82 Å². The molecule has 2 amide bonds. The molecule has 0 aromatic carbocycles. The van der Waals surface area contributed by atoms with E-state index in [9.17, 15) is 14.4 Å². The minimum Gasteiger partial charge on any atom is -0.342 e. The molecule has 1 atom stereocenters. The smallest absolute Gasteiger partial charge is 0.254 e. The highest BCUT2D eigenvalue weighted by atomic mass is 16.2. The molecule has 0 bridgehead atoms. The average Bonchev–Trinajstić information content (AvgIpc) is 3.25. The molecule has 2 fully saturated rings. The molecule has 5 rings (SSSR count). The lowest BCUT2D eigenvalue weighted by Crippen LogP contribution is -2.40. The van der Waals surface area contributed by atoms with E-state index in [1.54, 1.807) is 10.9 Å². The Labute approximate surface area is 174 Å². The molecule has 3 aliphatic rings. The summed E-state index contributed by atoms with van der Waals surface area (Å²) < 4.78 is 1.75. The molecule has 9 heteroatoms. The third-order valence-corrected chi connectivity index (χ3v) is 6.37. The van der Waals surface area contributed by atoms with Gasteiger partial charge in [0, 0.05) is 62.4 Å².